The van der Waals surface area contributed by atoms with Crippen LogP contribution in [-0.2, 0) is 10.8 Å². The molecule has 17 heavy (non-hydrogen) atoms. The molecule has 1 aliphatic heterocycles. The van der Waals surface area contributed by atoms with Crippen molar-refractivity contribution in [2.45, 2.75) is 0 Å². The van der Waals surface area contributed by atoms with Gasteiger partial charge in [0.2, 0.25) is 0 Å². The lowest BCUT2D eigenvalue weighted by molar-refractivity contribution is 0.0771. The van der Waals surface area contributed by atoms with Crippen LogP contribution in [0.2, 0.25) is 10.0 Å². The normalized spacial score (nSPS) is 17.2. The predicted octanol–water partition coefficient (Wildman–Crippen LogP) is 2.20. The molecule has 3 nitrogen and oxygen atoms in total. The number of benzene rings is 1. The van der Waals surface area contributed by atoms with E-state index in [1.54, 1.807) is 23.1 Å². The van der Waals surface area contributed by atoms with Gasteiger partial charge in [-0.25, -0.2) is 0 Å². The topological polar surface area (TPSA) is 37.4 Å². The van der Waals surface area contributed by atoms with Crippen LogP contribution in [0.25, 0.3) is 0 Å². The quantitative estimate of drug-likeness (QED) is 0.795. The molecule has 1 heterocycles. The van der Waals surface area contributed by atoms with Crippen LogP contribution < -0.4 is 0 Å². The summed E-state index contributed by atoms with van der Waals surface area (Å²) in [5, 5.41) is 0.807. The summed E-state index contributed by atoms with van der Waals surface area (Å²) in [6, 6.07) is 4.83. The highest BCUT2D eigenvalue weighted by atomic mass is 35.5. The first-order valence-corrected chi connectivity index (χ1v) is 7.41. The van der Waals surface area contributed by atoms with Gasteiger partial charge >= 0.3 is 0 Å². The monoisotopic (exact) mass is 291 g/mol. The molecule has 0 aromatic heterocycles. The van der Waals surface area contributed by atoms with E-state index in [1.807, 2.05) is 0 Å². The summed E-state index contributed by atoms with van der Waals surface area (Å²) in [6.45, 7) is 1.07. The fourth-order valence-corrected chi connectivity index (χ4v) is 3.00. The van der Waals surface area contributed by atoms with Gasteiger partial charge in [-0.15, -0.1) is 0 Å². The number of carbonyl (C=O) groups is 1. The molecule has 1 aromatic carbocycles. The van der Waals surface area contributed by atoms with Gasteiger partial charge in [0.05, 0.1) is 10.0 Å². The van der Waals surface area contributed by atoms with E-state index < -0.39 is 10.8 Å². The molecule has 6 heteroatoms. The number of nitrogens with zero attached hydrogens (tertiary/aromatic N) is 1. The van der Waals surface area contributed by atoms with Crippen LogP contribution in [0.5, 0.6) is 0 Å². The molecule has 2 rings (SSSR count). The van der Waals surface area contributed by atoms with Crippen LogP contribution in [-0.4, -0.2) is 39.6 Å². The van der Waals surface area contributed by atoms with Gasteiger partial charge in [-0.3, -0.25) is 9.00 Å². The van der Waals surface area contributed by atoms with Gasteiger partial charge in [0.25, 0.3) is 5.91 Å². The Hall–Kier alpha value is -0.580. The molecule has 0 radical (unpaired) electrons. The Morgan fingerprint density at radius 2 is 1.82 bits per heavy atom. The number of hydrogen-bond donors (Lipinski definition) is 0. The second-order valence-electron chi connectivity index (χ2n) is 3.77. The maximum atomic E-state index is 12.1. The Morgan fingerprint density at radius 3 is 2.41 bits per heavy atom. The van der Waals surface area contributed by atoms with Crippen molar-refractivity contribution in [2.24, 2.45) is 0 Å². The first-order valence-electron chi connectivity index (χ1n) is 5.17. The van der Waals surface area contributed by atoms with Gasteiger partial charge in [-0.05, 0) is 18.2 Å². The molecular weight excluding hydrogens is 281 g/mol. The minimum absolute atomic E-state index is 0.0831. The zero-order valence-electron chi connectivity index (χ0n) is 8.99. The maximum absolute atomic E-state index is 12.1. The van der Waals surface area contributed by atoms with Crippen LogP contribution in [0.4, 0.5) is 0 Å². The fourth-order valence-electron chi connectivity index (χ4n) is 1.65. The van der Waals surface area contributed by atoms with E-state index in [0.717, 1.165) is 0 Å². The number of hydrogen-bond acceptors (Lipinski definition) is 2. The number of rotatable bonds is 1. The summed E-state index contributed by atoms with van der Waals surface area (Å²) in [5.41, 5.74) is 0.520. The average molecular weight is 292 g/mol. The van der Waals surface area contributed by atoms with Gasteiger partial charge in [-0.2, -0.15) is 0 Å². The summed E-state index contributed by atoms with van der Waals surface area (Å²) in [6.07, 6.45) is 0. The summed E-state index contributed by atoms with van der Waals surface area (Å²) in [7, 11) is -0.783. The Bertz CT molecular complexity index is 469. The van der Waals surface area contributed by atoms with Gasteiger partial charge in [0.15, 0.2) is 0 Å². The van der Waals surface area contributed by atoms with Crippen molar-refractivity contribution < 1.29 is 9.00 Å². The Labute approximate surface area is 112 Å². The van der Waals surface area contributed by atoms with Gasteiger partial charge in [0, 0.05) is 41.0 Å². The molecule has 0 spiro atoms. The number of carbonyl (C=O) groups excluding carboxylic acids is 1. The van der Waals surface area contributed by atoms with E-state index in [-0.39, 0.29) is 5.91 Å². The Kier molecular flexibility index (Phi) is 4.07. The van der Waals surface area contributed by atoms with Gasteiger partial charge < -0.3 is 4.90 Å². The molecular formula is C11H11Cl2NO2S. The lowest BCUT2D eigenvalue weighted by Crippen LogP contribution is -2.41. The highest BCUT2D eigenvalue weighted by molar-refractivity contribution is 7.85. The zero-order valence-corrected chi connectivity index (χ0v) is 11.3. The molecule has 1 aromatic rings. The lowest BCUT2D eigenvalue weighted by atomic mass is 10.2. The zero-order chi connectivity index (χ0) is 12.4. The number of amides is 1. The van der Waals surface area contributed by atoms with Crippen molar-refractivity contribution in [3.63, 3.8) is 0 Å². The SMILES string of the molecule is O=C(c1ccc(Cl)c(Cl)c1)N1CCS(=O)CC1. The fraction of sp³-hybridized carbons (Fsp3) is 0.364. The Morgan fingerprint density at radius 1 is 1.18 bits per heavy atom. The van der Waals surface area contributed by atoms with E-state index >= 15 is 0 Å². The molecule has 1 fully saturated rings. The first kappa shape index (κ1) is 12.9. The third-order valence-corrected chi connectivity index (χ3v) is 4.65. The molecule has 92 valence electrons. The third-order valence-electron chi connectivity index (χ3n) is 2.63. The predicted molar refractivity (Wildman–Crippen MR) is 70.2 cm³/mol. The van der Waals surface area contributed by atoms with Crippen molar-refractivity contribution in [3.8, 4) is 0 Å². The van der Waals surface area contributed by atoms with Crippen LogP contribution >= 0.6 is 23.2 Å². The van der Waals surface area contributed by atoms with Crippen LogP contribution in [0, 0.1) is 0 Å². The van der Waals surface area contributed by atoms with Crippen molar-refractivity contribution in [3.05, 3.63) is 33.8 Å². The molecule has 0 N–H and O–H groups in total. The Balaban J connectivity index is 2.14. The largest absolute Gasteiger partial charge is 0.337 e. The molecule has 0 bridgehead atoms. The van der Waals surface area contributed by atoms with E-state index in [1.165, 1.54) is 0 Å². The maximum Gasteiger partial charge on any atom is 0.253 e. The molecule has 0 atom stereocenters. The van der Waals surface area contributed by atoms with E-state index in [0.29, 0.717) is 40.2 Å². The average Bonchev–Trinajstić information content (AvgIpc) is 2.33. The summed E-state index contributed by atoms with van der Waals surface area (Å²) in [4.78, 5) is 13.8. The molecule has 1 aliphatic rings. The van der Waals surface area contributed by atoms with Crippen molar-refractivity contribution >= 4 is 39.9 Å². The van der Waals surface area contributed by atoms with Crippen molar-refractivity contribution in [2.75, 3.05) is 24.6 Å². The molecule has 0 aliphatic carbocycles. The van der Waals surface area contributed by atoms with Crippen LogP contribution in [0.15, 0.2) is 18.2 Å². The highest BCUT2D eigenvalue weighted by Gasteiger charge is 2.21. The summed E-state index contributed by atoms with van der Waals surface area (Å²) >= 11 is 11.7. The lowest BCUT2D eigenvalue weighted by Gasteiger charge is -2.26. The summed E-state index contributed by atoms with van der Waals surface area (Å²) in [5.74, 6) is 1.01. The minimum Gasteiger partial charge on any atom is -0.337 e. The molecule has 1 saturated heterocycles. The third kappa shape index (κ3) is 3.00. The molecule has 0 saturated carbocycles. The summed E-state index contributed by atoms with van der Waals surface area (Å²) < 4.78 is 11.2. The van der Waals surface area contributed by atoms with E-state index in [4.69, 9.17) is 23.2 Å². The van der Waals surface area contributed by atoms with E-state index in [2.05, 4.69) is 0 Å². The minimum atomic E-state index is -0.783. The van der Waals surface area contributed by atoms with E-state index in [9.17, 15) is 9.00 Å². The van der Waals surface area contributed by atoms with Gasteiger partial charge in [0.1, 0.15) is 0 Å². The highest BCUT2D eigenvalue weighted by Crippen LogP contribution is 2.23. The second kappa shape index (κ2) is 5.38. The molecule has 0 unspecified atom stereocenters. The first-order chi connectivity index (χ1) is 8.08. The smallest absolute Gasteiger partial charge is 0.253 e. The number of halogens is 2. The van der Waals surface area contributed by atoms with Crippen LogP contribution in [0.1, 0.15) is 10.4 Å². The van der Waals surface area contributed by atoms with Crippen molar-refractivity contribution in [1.29, 1.82) is 0 Å². The second-order valence-corrected chi connectivity index (χ2v) is 6.28. The van der Waals surface area contributed by atoms with Crippen LogP contribution in [0.3, 0.4) is 0 Å². The molecule has 1 amide bonds. The van der Waals surface area contributed by atoms with Gasteiger partial charge in [-0.1, -0.05) is 23.2 Å². The standard InChI is InChI=1S/C11H11Cl2NO2S/c12-9-2-1-8(7-10(9)13)11(15)14-3-5-17(16)6-4-14/h1-2,7H,3-6H2. The van der Waals surface area contributed by atoms with Crippen molar-refractivity contribution in [1.82, 2.24) is 4.90 Å².